The maximum atomic E-state index is 14.6. The zero-order chi connectivity index (χ0) is 25.4. The van der Waals surface area contributed by atoms with E-state index in [1.165, 1.54) is 5.01 Å². The van der Waals surface area contributed by atoms with E-state index in [0.29, 0.717) is 38.4 Å². The molecular weight excluding hydrogens is 470 g/mol. The zero-order valence-corrected chi connectivity index (χ0v) is 21.2. The van der Waals surface area contributed by atoms with Crippen molar-refractivity contribution in [3.05, 3.63) is 71.3 Å². The van der Waals surface area contributed by atoms with Gasteiger partial charge in [0.05, 0.1) is 11.3 Å². The van der Waals surface area contributed by atoms with Gasteiger partial charge in [-0.15, -0.1) is 0 Å². The SMILES string of the molecule is C=S(C)(=O)N1CCN(CC(C)C(=O)N2N=C(c3cc(F)ccc3F)CC2(C)c2ccccc2)CC1. The molecule has 0 aliphatic carbocycles. The third kappa shape index (κ3) is 5.32. The van der Waals surface area contributed by atoms with Gasteiger partial charge >= 0.3 is 0 Å². The topological polar surface area (TPSA) is 56.2 Å². The van der Waals surface area contributed by atoms with Gasteiger partial charge in [0, 0.05) is 66.6 Å². The number of amides is 1. The molecule has 0 radical (unpaired) electrons. The molecule has 0 N–H and O–H groups in total. The van der Waals surface area contributed by atoms with Crippen LogP contribution in [0, 0.1) is 17.6 Å². The number of hydrazone groups is 1. The van der Waals surface area contributed by atoms with Gasteiger partial charge in [-0.2, -0.15) is 5.10 Å². The second-order valence-electron chi connectivity index (χ2n) is 9.73. The summed E-state index contributed by atoms with van der Waals surface area (Å²) in [6.07, 6.45) is 1.91. The lowest BCUT2D eigenvalue weighted by Gasteiger charge is -2.38. The summed E-state index contributed by atoms with van der Waals surface area (Å²) in [7, 11) is -2.24. The number of carbonyl (C=O) groups excluding carboxylic acids is 1. The Labute approximate surface area is 206 Å². The minimum Gasteiger partial charge on any atom is -0.300 e. The van der Waals surface area contributed by atoms with Gasteiger partial charge in [0.2, 0.25) is 5.91 Å². The molecular formula is C26H32F2N4O2S. The van der Waals surface area contributed by atoms with Crippen LogP contribution in [0.2, 0.25) is 0 Å². The first kappa shape index (κ1) is 25.5. The average molecular weight is 503 g/mol. The first-order valence-electron chi connectivity index (χ1n) is 11.7. The molecule has 2 aromatic carbocycles. The Kier molecular flexibility index (Phi) is 7.13. The maximum Gasteiger partial charge on any atom is 0.247 e. The number of carbonyl (C=O) groups is 1. The highest BCUT2D eigenvalue weighted by Crippen LogP contribution is 2.40. The molecule has 0 saturated carbocycles. The highest BCUT2D eigenvalue weighted by Gasteiger charge is 2.45. The zero-order valence-electron chi connectivity index (χ0n) is 20.4. The van der Waals surface area contributed by atoms with Crippen LogP contribution in [0.3, 0.4) is 0 Å². The Morgan fingerprint density at radius 1 is 1.14 bits per heavy atom. The lowest BCUT2D eigenvalue weighted by molar-refractivity contribution is -0.141. The lowest BCUT2D eigenvalue weighted by Crippen LogP contribution is -2.51. The number of piperazine rings is 1. The van der Waals surface area contributed by atoms with Crippen LogP contribution in [0.4, 0.5) is 8.78 Å². The van der Waals surface area contributed by atoms with Crippen molar-refractivity contribution in [2.75, 3.05) is 39.0 Å². The van der Waals surface area contributed by atoms with E-state index in [1.807, 2.05) is 48.5 Å². The van der Waals surface area contributed by atoms with Crippen molar-refractivity contribution in [1.29, 1.82) is 0 Å². The third-order valence-electron chi connectivity index (χ3n) is 6.87. The van der Waals surface area contributed by atoms with Gasteiger partial charge in [0.25, 0.3) is 0 Å². The van der Waals surface area contributed by atoms with Crippen molar-refractivity contribution < 1.29 is 17.8 Å². The van der Waals surface area contributed by atoms with Crippen molar-refractivity contribution in [3.63, 3.8) is 0 Å². The van der Waals surface area contributed by atoms with E-state index >= 15 is 0 Å². The van der Waals surface area contributed by atoms with Gasteiger partial charge in [-0.05, 0) is 36.6 Å². The van der Waals surface area contributed by atoms with Crippen molar-refractivity contribution in [3.8, 4) is 0 Å². The summed E-state index contributed by atoms with van der Waals surface area (Å²) in [6.45, 7) is 6.94. The fraction of sp³-hybridized carbons (Fsp3) is 0.423. The van der Waals surface area contributed by atoms with Crippen molar-refractivity contribution >= 4 is 27.2 Å². The normalized spacial score (nSPS) is 24.1. The van der Waals surface area contributed by atoms with Crippen LogP contribution in [-0.2, 0) is 20.0 Å². The van der Waals surface area contributed by atoms with Gasteiger partial charge in [0.1, 0.15) is 11.6 Å². The molecule has 0 bridgehead atoms. The summed E-state index contributed by atoms with van der Waals surface area (Å²) in [5, 5.41) is 6.03. The largest absolute Gasteiger partial charge is 0.300 e. The molecule has 0 aromatic heterocycles. The Hall–Kier alpha value is -2.62. The van der Waals surface area contributed by atoms with Crippen LogP contribution >= 0.6 is 0 Å². The highest BCUT2D eigenvalue weighted by atomic mass is 32.2. The molecule has 3 unspecified atom stereocenters. The summed E-state index contributed by atoms with van der Waals surface area (Å²) < 4.78 is 42.6. The highest BCUT2D eigenvalue weighted by molar-refractivity contribution is 7.97. The van der Waals surface area contributed by atoms with E-state index in [1.54, 1.807) is 6.26 Å². The number of hydrogen-bond donors (Lipinski definition) is 0. The number of rotatable bonds is 6. The Balaban J connectivity index is 1.58. The van der Waals surface area contributed by atoms with Gasteiger partial charge in [-0.25, -0.2) is 18.1 Å². The van der Waals surface area contributed by atoms with E-state index in [-0.39, 0.29) is 23.8 Å². The van der Waals surface area contributed by atoms with Gasteiger partial charge in [0.15, 0.2) is 0 Å². The first-order valence-corrected chi connectivity index (χ1v) is 13.8. The van der Waals surface area contributed by atoms with Crippen LogP contribution < -0.4 is 0 Å². The fourth-order valence-corrected chi connectivity index (χ4v) is 5.76. The van der Waals surface area contributed by atoms with Crippen LogP contribution in [-0.4, -0.2) is 74.9 Å². The molecule has 2 aromatic rings. The minimum absolute atomic E-state index is 0.0718. The molecule has 3 atom stereocenters. The molecule has 4 rings (SSSR count). The third-order valence-corrected chi connectivity index (χ3v) is 8.33. The molecule has 1 saturated heterocycles. The monoisotopic (exact) mass is 502 g/mol. The number of hydrogen-bond acceptors (Lipinski definition) is 4. The summed E-state index contributed by atoms with van der Waals surface area (Å²) in [6, 6.07) is 12.8. The average Bonchev–Trinajstić information content (AvgIpc) is 3.18. The van der Waals surface area contributed by atoms with Crippen molar-refractivity contribution in [2.24, 2.45) is 11.0 Å². The van der Waals surface area contributed by atoms with Gasteiger partial charge < -0.3 is 0 Å². The molecule has 1 fully saturated rings. The van der Waals surface area contributed by atoms with Crippen LogP contribution in [0.15, 0.2) is 53.6 Å². The van der Waals surface area contributed by atoms with E-state index in [0.717, 1.165) is 23.8 Å². The second kappa shape index (κ2) is 9.79. The molecule has 35 heavy (non-hydrogen) atoms. The standard InChI is InChI=1S/C26H32F2N4O2S/c1-19(18-30-12-14-31(15-13-30)35(3,4)34)25(33)32-26(2,20-8-6-5-7-9-20)17-24(29-32)22-16-21(27)10-11-23(22)28/h5-11,16,19H,3,12-15,17-18H2,1-2,4H3. The van der Waals surface area contributed by atoms with E-state index in [9.17, 15) is 17.8 Å². The van der Waals surface area contributed by atoms with Crippen LogP contribution in [0.1, 0.15) is 31.4 Å². The fourth-order valence-electron chi connectivity index (χ4n) is 4.82. The number of halogens is 2. The summed E-state index contributed by atoms with van der Waals surface area (Å²) >= 11 is 0. The lowest BCUT2D eigenvalue weighted by atomic mass is 9.85. The van der Waals surface area contributed by atoms with Crippen molar-refractivity contribution in [2.45, 2.75) is 25.8 Å². The second-order valence-corrected chi connectivity index (χ2v) is 12.2. The summed E-state index contributed by atoms with van der Waals surface area (Å²) in [5.74, 6) is 2.08. The predicted molar refractivity (Wildman–Crippen MR) is 137 cm³/mol. The number of benzene rings is 2. The summed E-state index contributed by atoms with van der Waals surface area (Å²) in [5.41, 5.74) is 0.456. The molecule has 1 amide bonds. The summed E-state index contributed by atoms with van der Waals surface area (Å²) in [4.78, 5) is 15.9. The molecule has 2 heterocycles. The molecule has 2 aliphatic heterocycles. The Bertz CT molecular complexity index is 1230. The van der Waals surface area contributed by atoms with E-state index in [2.05, 4.69) is 15.9 Å². The van der Waals surface area contributed by atoms with Crippen LogP contribution in [0.25, 0.3) is 0 Å². The van der Waals surface area contributed by atoms with Crippen molar-refractivity contribution in [1.82, 2.24) is 14.2 Å². The molecule has 6 nitrogen and oxygen atoms in total. The minimum atomic E-state index is -2.24. The van der Waals surface area contributed by atoms with E-state index < -0.39 is 26.9 Å². The molecule has 9 heteroatoms. The van der Waals surface area contributed by atoms with Gasteiger partial charge in [-0.1, -0.05) is 37.3 Å². The van der Waals surface area contributed by atoms with E-state index in [4.69, 9.17) is 0 Å². The Morgan fingerprint density at radius 3 is 2.43 bits per heavy atom. The predicted octanol–water partition coefficient (Wildman–Crippen LogP) is 3.33. The van der Waals surface area contributed by atoms with Gasteiger partial charge in [-0.3, -0.25) is 13.9 Å². The smallest absolute Gasteiger partial charge is 0.247 e. The first-order chi connectivity index (χ1) is 16.5. The number of nitrogens with zero attached hydrogens (tertiary/aromatic N) is 4. The molecule has 0 spiro atoms. The van der Waals surface area contributed by atoms with Crippen LogP contribution in [0.5, 0.6) is 0 Å². The Morgan fingerprint density at radius 2 is 1.80 bits per heavy atom. The maximum absolute atomic E-state index is 14.6. The quantitative estimate of drug-likeness (QED) is 0.570. The molecule has 188 valence electrons. The molecule has 2 aliphatic rings.